The molecule has 0 aliphatic carbocycles. The molecule has 0 aromatic carbocycles. The molecule has 0 amide bonds. The molecule has 0 radical (unpaired) electrons. The van der Waals surface area contributed by atoms with Crippen molar-refractivity contribution in [3.8, 4) is 18.2 Å². The predicted molar refractivity (Wildman–Crippen MR) is 61.3 cm³/mol. The van der Waals surface area contributed by atoms with Crippen LogP contribution >= 0.6 is 11.6 Å². The standard InChI is InChI=1S/C11H8ClN3O/c1-3-7(2)16-9-6-14-10-8(15-9)4-5-13-11(10)12/h1,4-7H,2H3/t7-/m0/s1. The molecule has 2 aromatic heterocycles. The largest absolute Gasteiger partial charge is 0.460 e. The van der Waals surface area contributed by atoms with Gasteiger partial charge in [-0.15, -0.1) is 6.42 Å². The second kappa shape index (κ2) is 4.33. The molecule has 0 aliphatic heterocycles. The Morgan fingerprint density at radius 2 is 2.31 bits per heavy atom. The van der Waals surface area contributed by atoms with Gasteiger partial charge in [-0.1, -0.05) is 17.5 Å². The number of hydrogen-bond donors (Lipinski definition) is 0. The maximum absolute atomic E-state index is 5.86. The average Bonchev–Trinajstić information content (AvgIpc) is 2.29. The lowest BCUT2D eigenvalue weighted by molar-refractivity contribution is 0.268. The molecular formula is C11H8ClN3O. The van der Waals surface area contributed by atoms with Gasteiger partial charge in [0.05, 0.1) is 11.7 Å². The number of rotatable bonds is 2. The van der Waals surface area contributed by atoms with Gasteiger partial charge in [-0.25, -0.2) is 15.0 Å². The minimum atomic E-state index is -0.343. The predicted octanol–water partition coefficient (Wildman–Crippen LogP) is 2.08. The van der Waals surface area contributed by atoms with Crippen LogP contribution in [0.15, 0.2) is 18.5 Å². The first-order valence-corrected chi connectivity index (χ1v) is 4.98. The first-order valence-electron chi connectivity index (χ1n) is 4.61. The summed E-state index contributed by atoms with van der Waals surface area (Å²) in [5.74, 6) is 2.82. The molecule has 5 heteroatoms. The highest BCUT2D eigenvalue weighted by Gasteiger charge is 2.06. The van der Waals surface area contributed by atoms with E-state index in [-0.39, 0.29) is 6.10 Å². The third kappa shape index (κ3) is 2.05. The van der Waals surface area contributed by atoms with E-state index in [1.165, 1.54) is 6.20 Å². The second-order valence-electron chi connectivity index (χ2n) is 3.10. The Balaban J connectivity index is 2.42. The van der Waals surface area contributed by atoms with E-state index in [9.17, 15) is 0 Å². The van der Waals surface area contributed by atoms with Crippen LogP contribution < -0.4 is 4.74 Å². The number of hydrogen-bond acceptors (Lipinski definition) is 4. The molecule has 0 bridgehead atoms. The Labute approximate surface area is 97.6 Å². The van der Waals surface area contributed by atoms with E-state index in [1.807, 2.05) is 0 Å². The number of nitrogens with zero attached hydrogens (tertiary/aromatic N) is 3. The number of fused-ring (bicyclic) bond motifs is 1. The fourth-order valence-electron chi connectivity index (χ4n) is 1.17. The molecule has 2 rings (SSSR count). The molecule has 0 saturated carbocycles. The lowest BCUT2D eigenvalue weighted by Crippen LogP contribution is -2.09. The molecule has 0 saturated heterocycles. The Hall–Kier alpha value is -1.86. The van der Waals surface area contributed by atoms with Crippen molar-refractivity contribution in [1.82, 2.24) is 15.0 Å². The fourth-order valence-corrected chi connectivity index (χ4v) is 1.37. The Bertz CT molecular complexity index is 565. The second-order valence-corrected chi connectivity index (χ2v) is 3.46. The summed E-state index contributed by atoms with van der Waals surface area (Å²) in [5.41, 5.74) is 1.17. The van der Waals surface area contributed by atoms with Crippen LogP contribution in [0, 0.1) is 12.3 Å². The van der Waals surface area contributed by atoms with Gasteiger partial charge in [-0.05, 0) is 13.0 Å². The van der Waals surface area contributed by atoms with Crippen molar-refractivity contribution in [1.29, 1.82) is 0 Å². The summed E-state index contributed by atoms with van der Waals surface area (Å²) < 4.78 is 5.34. The molecule has 0 unspecified atom stereocenters. The molecule has 0 spiro atoms. The van der Waals surface area contributed by atoms with E-state index in [1.54, 1.807) is 19.2 Å². The van der Waals surface area contributed by atoms with Gasteiger partial charge in [0.25, 0.3) is 0 Å². The third-order valence-electron chi connectivity index (χ3n) is 1.93. The maximum atomic E-state index is 5.86. The Morgan fingerprint density at radius 3 is 3.06 bits per heavy atom. The van der Waals surface area contributed by atoms with Crippen molar-refractivity contribution in [2.24, 2.45) is 0 Å². The van der Waals surface area contributed by atoms with E-state index in [0.717, 1.165) is 0 Å². The summed E-state index contributed by atoms with van der Waals surface area (Å²) in [5, 5.41) is 0.321. The molecule has 0 aliphatic rings. The quantitative estimate of drug-likeness (QED) is 0.589. The minimum absolute atomic E-state index is 0.321. The topological polar surface area (TPSA) is 47.9 Å². The van der Waals surface area contributed by atoms with Gasteiger partial charge in [0.2, 0.25) is 5.88 Å². The first kappa shape index (κ1) is 10.7. The van der Waals surface area contributed by atoms with Crippen LogP contribution in [-0.2, 0) is 0 Å². The summed E-state index contributed by atoms with van der Waals surface area (Å²) in [6.45, 7) is 1.76. The van der Waals surface area contributed by atoms with Gasteiger partial charge in [0, 0.05) is 6.20 Å². The first-order chi connectivity index (χ1) is 7.70. The average molecular weight is 234 g/mol. The molecule has 0 fully saturated rings. The van der Waals surface area contributed by atoms with Crippen LogP contribution in [0.2, 0.25) is 5.15 Å². The third-order valence-corrected chi connectivity index (χ3v) is 2.20. The summed E-state index contributed by atoms with van der Waals surface area (Å²) in [6, 6.07) is 1.71. The molecule has 4 nitrogen and oxygen atoms in total. The van der Waals surface area contributed by atoms with Crippen LogP contribution in [0.1, 0.15) is 6.92 Å². The highest BCUT2D eigenvalue weighted by atomic mass is 35.5. The van der Waals surface area contributed by atoms with E-state index < -0.39 is 0 Å². The SMILES string of the molecule is C#C[C@H](C)Oc1cnc2c(Cl)nccc2n1. The molecule has 0 N–H and O–H groups in total. The number of pyridine rings is 1. The van der Waals surface area contributed by atoms with Crippen LogP contribution in [0.25, 0.3) is 11.0 Å². The van der Waals surface area contributed by atoms with Crippen LogP contribution in [-0.4, -0.2) is 21.1 Å². The summed E-state index contributed by atoms with van der Waals surface area (Å²) in [6.07, 6.45) is 7.90. The molecule has 80 valence electrons. The van der Waals surface area contributed by atoms with Crippen LogP contribution in [0.5, 0.6) is 5.88 Å². The molecule has 16 heavy (non-hydrogen) atoms. The lowest BCUT2D eigenvalue weighted by atomic mass is 10.4. The zero-order valence-corrected chi connectivity index (χ0v) is 9.27. The summed E-state index contributed by atoms with van der Waals surface area (Å²) in [7, 11) is 0. The van der Waals surface area contributed by atoms with E-state index in [0.29, 0.717) is 22.1 Å². The minimum Gasteiger partial charge on any atom is -0.460 e. The molecule has 2 heterocycles. The van der Waals surface area contributed by atoms with Crippen molar-refractivity contribution in [2.75, 3.05) is 0 Å². The van der Waals surface area contributed by atoms with Crippen LogP contribution in [0.4, 0.5) is 0 Å². The highest BCUT2D eigenvalue weighted by molar-refractivity contribution is 6.33. The number of terminal acetylenes is 1. The molecule has 2 aromatic rings. The van der Waals surface area contributed by atoms with Gasteiger partial charge in [-0.3, -0.25) is 0 Å². The maximum Gasteiger partial charge on any atom is 0.234 e. The van der Waals surface area contributed by atoms with Crippen molar-refractivity contribution < 1.29 is 4.74 Å². The monoisotopic (exact) mass is 233 g/mol. The van der Waals surface area contributed by atoms with Crippen molar-refractivity contribution in [2.45, 2.75) is 13.0 Å². The van der Waals surface area contributed by atoms with Gasteiger partial charge in [0.1, 0.15) is 5.52 Å². The number of halogens is 1. The zero-order chi connectivity index (χ0) is 11.5. The van der Waals surface area contributed by atoms with Crippen molar-refractivity contribution in [3.63, 3.8) is 0 Å². The molecule has 1 atom stereocenters. The van der Waals surface area contributed by atoms with Gasteiger partial charge in [0.15, 0.2) is 11.3 Å². The van der Waals surface area contributed by atoms with E-state index in [4.69, 9.17) is 22.8 Å². The number of aromatic nitrogens is 3. The van der Waals surface area contributed by atoms with E-state index in [2.05, 4.69) is 20.9 Å². The van der Waals surface area contributed by atoms with Crippen molar-refractivity contribution in [3.05, 3.63) is 23.6 Å². The fraction of sp³-hybridized carbons (Fsp3) is 0.182. The highest BCUT2D eigenvalue weighted by Crippen LogP contribution is 2.19. The molecular weight excluding hydrogens is 226 g/mol. The van der Waals surface area contributed by atoms with Crippen molar-refractivity contribution >= 4 is 22.6 Å². The number of ether oxygens (including phenoxy) is 1. The zero-order valence-electron chi connectivity index (χ0n) is 8.51. The summed E-state index contributed by atoms with van der Waals surface area (Å²) in [4.78, 5) is 12.2. The normalized spacial score (nSPS) is 12.1. The Kier molecular flexibility index (Phi) is 2.88. The Morgan fingerprint density at radius 1 is 1.50 bits per heavy atom. The lowest BCUT2D eigenvalue weighted by Gasteiger charge is -2.07. The van der Waals surface area contributed by atoms with Gasteiger partial charge in [-0.2, -0.15) is 0 Å². The smallest absolute Gasteiger partial charge is 0.234 e. The summed E-state index contributed by atoms with van der Waals surface area (Å²) >= 11 is 5.86. The van der Waals surface area contributed by atoms with E-state index >= 15 is 0 Å². The van der Waals surface area contributed by atoms with Crippen LogP contribution in [0.3, 0.4) is 0 Å². The van der Waals surface area contributed by atoms with Gasteiger partial charge < -0.3 is 4.74 Å². The van der Waals surface area contributed by atoms with Gasteiger partial charge >= 0.3 is 0 Å².